The Morgan fingerprint density at radius 3 is 2.45 bits per heavy atom. The van der Waals surface area contributed by atoms with Crippen LogP contribution in [0, 0.1) is 16.0 Å². The van der Waals surface area contributed by atoms with Gasteiger partial charge in [0.2, 0.25) is 6.54 Å². The van der Waals surface area contributed by atoms with Gasteiger partial charge in [-0.15, -0.1) is 0 Å². The summed E-state index contributed by atoms with van der Waals surface area (Å²) in [5.41, 5.74) is -0.645. The Morgan fingerprint density at radius 2 is 1.95 bits per heavy atom. The van der Waals surface area contributed by atoms with E-state index in [0.717, 1.165) is 25.7 Å². The third-order valence-electron chi connectivity index (χ3n) is 3.81. The van der Waals surface area contributed by atoms with Crippen LogP contribution in [0.5, 0.6) is 0 Å². The lowest BCUT2D eigenvalue weighted by Gasteiger charge is -2.29. The van der Waals surface area contributed by atoms with Gasteiger partial charge >= 0.3 is 6.09 Å². The Morgan fingerprint density at radius 1 is 1.36 bits per heavy atom. The Labute approximate surface area is 131 Å². The van der Waals surface area contributed by atoms with Crippen LogP contribution in [0.1, 0.15) is 59.3 Å². The van der Waals surface area contributed by atoms with Crippen LogP contribution in [0.25, 0.3) is 0 Å². The summed E-state index contributed by atoms with van der Waals surface area (Å²) in [6, 6.07) is -0.650. The number of hydrogen-bond donors (Lipinski definition) is 2. The fraction of sp³-hybridized carbons (Fsp3) is 0.933. The molecule has 22 heavy (non-hydrogen) atoms. The molecular formula is C15H28N2O5. The number of carbonyl (C=O) groups excluding carboxylic acids is 1. The molecule has 0 aromatic carbocycles. The lowest BCUT2D eigenvalue weighted by atomic mass is 9.83. The van der Waals surface area contributed by atoms with E-state index in [9.17, 15) is 20.0 Å². The van der Waals surface area contributed by atoms with Crippen molar-refractivity contribution in [2.24, 2.45) is 5.92 Å². The summed E-state index contributed by atoms with van der Waals surface area (Å²) in [6.45, 7) is 4.66. The lowest BCUT2D eigenvalue weighted by Crippen LogP contribution is -2.48. The normalized spacial score (nSPS) is 19.3. The molecule has 1 fully saturated rings. The first kappa shape index (κ1) is 18.7. The molecule has 2 atom stereocenters. The van der Waals surface area contributed by atoms with Crippen molar-refractivity contribution in [1.29, 1.82) is 0 Å². The van der Waals surface area contributed by atoms with Crippen molar-refractivity contribution in [3.8, 4) is 0 Å². The Bertz CT molecular complexity index is 375. The number of amides is 1. The molecule has 7 heteroatoms. The molecule has 7 nitrogen and oxygen atoms in total. The number of carbonyl (C=O) groups is 1. The molecule has 0 radical (unpaired) electrons. The predicted octanol–water partition coefficient (Wildman–Crippen LogP) is 2.49. The van der Waals surface area contributed by atoms with Gasteiger partial charge in [-0.05, 0) is 33.1 Å². The summed E-state index contributed by atoms with van der Waals surface area (Å²) in [6.07, 6.45) is 4.26. The average molecular weight is 316 g/mol. The van der Waals surface area contributed by atoms with E-state index in [1.807, 2.05) is 0 Å². The van der Waals surface area contributed by atoms with Gasteiger partial charge in [0.15, 0.2) is 0 Å². The van der Waals surface area contributed by atoms with E-state index in [-0.39, 0.29) is 0 Å². The zero-order chi connectivity index (χ0) is 16.8. The first-order valence-electron chi connectivity index (χ1n) is 7.97. The molecule has 1 unspecified atom stereocenters. The molecular weight excluding hydrogens is 288 g/mol. The highest BCUT2D eigenvalue weighted by Crippen LogP contribution is 2.28. The molecule has 128 valence electrons. The van der Waals surface area contributed by atoms with E-state index < -0.39 is 35.3 Å². The minimum atomic E-state index is -1.20. The van der Waals surface area contributed by atoms with Gasteiger partial charge in [-0.25, -0.2) is 4.79 Å². The van der Waals surface area contributed by atoms with Crippen LogP contribution in [-0.4, -0.2) is 40.4 Å². The molecule has 0 aliphatic heterocycles. The van der Waals surface area contributed by atoms with E-state index in [2.05, 4.69) is 5.32 Å². The largest absolute Gasteiger partial charge is 0.444 e. The van der Waals surface area contributed by atoms with Gasteiger partial charge in [-0.2, -0.15) is 0 Å². The third kappa shape index (κ3) is 7.59. The highest BCUT2D eigenvalue weighted by molar-refractivity contribution is 5.68. The maximum atomic E-state index is 11.9. The van der Waals surface area contributed by atoms with Crippen LogP contribution < -0.4 is 5.32 Å². The second-order valence-corrected chi connectivity index (χ2v) is 7.08. The minimum Gasteiger partial charge on any atom is -0.444 e. The summed E-state index contributed by atoms with van der Waals surface area (Å²) in [5.74, 6) is 0.384. The number of aliphatic hydroxyl groups is 1. The highest BCUT2D eigenvalue weighted by atomic mass is 16.6. The van der Waals surface area contributed by atoms with Crippen LogP contribution >= 0.6 is 0 Å². The number of alkyl carbamates (subject to hydrolysis) is 1. The number of nitro groups is 1. The molecule has 2 N–H and O–H groups in total. The van der Waals surface area contributed by atoms with Crippen molar-refractivity contribution in [3.63, 3.8) is 0 Å². The molecule has 1 saturated carbocycles. The maximum absolute atomic E-state index is 11.9. The highest BCUT2D eigenvalue weighted by Gasteiger charge is 2.30. The monoisotopic (exact) mass is 316 g/mol. The van der Waals surface area contributed by atoms with Crippen LogP contribution in [0.2, 0.25) is 0 Å². The number of nitrogens with zero attached hydrogens (tertiary/aromatic N) is 1. The minimum absolute atomic E-state index is 0.384. The first-order chi connectivity index (χ1) is 10.2. The Kier molecular flexibility index (Phi) is 7.06. The summed E-state index contributed by atoms with van der Waals surface area (Å²) in [5, 5.41) is 23.3. The standard InChI is InChI=1S/C15H28N2O5/c1-15(2,3)22-14(19)16-12(13(18)10-17(20)21)9-11-7-5-4-6-8-11/h11-13,18H,4-10H2,1-3H3,(H,16,19)/t12-,13?/m0/s1. The van der Waals surface area contributed by atoms with Gasteiger partial charge in [-0.3, -0.25) is 10.1 Å². The van der Waals surface area contributed by atoms with Crippen molar-refractivity contribution < 1.29 is 19.6 Å². The maximum Gasteiger partial charge on any atom is 0.407 e. The predicted molar refractivity (Wildman–Crippen MR) is 82.2 cm³/mol. The van der Waals surface area contributed by atoms with Crippen LogP contribution in [0.3, 0.4) is 0 Å². The summed E-state index contributed by atoms with van der Waals surface area (Å²) in [7, 11) is 0. The Balaban J connectivity index is 2.63. The lowest BCUT2D eigenvalue weighted by molar-refractivity contribution is -0.491. The zero-order valence-electron chi connectivity index (χ0n) is 13.7. The number of aliphatic hydroxyl groups excluding tert-OH is 1. The van der Waals surface area contributed by atoms with E-state index in [1.165, 1.54) is 6.42 Å². The van der Waals surface area contributed by atoms with Crippen LogP contribution in [0.4, 0.5) is 4.79 Å². The smallest absolute Gasteiger partial charge is 0.407 e. The van der Waals surface area contributed by atoms with Gasteiger partial charge in [-0.1, -0.05) is 32.1 Å². The topological polar surface area (TPSA) is 102 Å². The summed E-state index contributed by atoms with van der Waals surface area (Å²) in [4.78, 5) is 21.9. The average Bonchev–Trinajstić information content (AvgIpc) is 2.36. The van der Waals surface area contributed by atoms with E-state index in [4.69, 9.17) is 4.74 Å². The molecule has 0 saturated heterocycles. The van der Waals surface area contributed by atoms with Crippen LogP contribution in [0.15, 0.2) is 0 Å². The van der Waals surface area contributed by atoms with E-state index in [0.29, 0.717) is 12.3 Å². The molecule has 0 bridgehead atoms. The summed E-state index contributed by atoms with van der Waals surface area (Å²) >= 11 is 0. The number of nitrogens with one attached hydrogen (secondary N) is 1. The number of hydrogen-bond acceptors (Lipinski definition) is 5. The van der Waals surface area contributed by atoms with Crippen molar-refractivity contribution in [3.05, 3.63) is 10.1 Å². The Hall–Kier alpha value is -1.37. The van der Waals surface area contributed by atoms with Gasteiger partial charge in [0.1, 0.15) is 11.7 Å². The van der Waals surface area contributed by atoms with Gasteiger partial charge in [0.25, 0.3) is 0 Å². The van der Waals surface area contributed by atoms with Crippen molar-refractivity contribution in [2.75, 3.05) is 6.54 Å². The van der Waals surface area contributed by atoms with E-state index >= 15 is 0 Å². The quantitative estimate of drug-likeness (QED) is 0.579. The van der Waals surface area contributed by atoms with Gasteiger partial charge in [0, 0.05) is 4.92 Å². The number of ether oxygens (including phenoxy) is 1. The van der Waals surface area contributed by atoms with Crippen molar-refractivity contribution >= 4 is 6.09 Å². The third-order valence-corrected chi connectivity index (χ3v) is 3.81. The fourth-order valence-corrected chi connectivity index (χ4v) is 2.83. The molecule has 1 aliphatic rings. The van der Waals surface area contributed by atoms with Crippen molar-refractivity contribution in [1.82, 2.24) is 5.32 Å². The molecule has 1 rings (SSSR count). The van der Waals surface area contributed by atoms with Crippen LogP contribution in [-0.2, 0) is 4.74 Å². The molecule has 0 spiro atoms. The van der Waals surface area contributed by atoms with Crippen molar-refractivity contribution in [2.45, 2.75) is 77.0 Å². The number of rotatable bonds is 6. The molecule has 0 heterocycles. The molecule has 0 aromatic heterocycles. The van der Waals surface area contributed by atoms with Gasteiger partial charge in [0.05, 0.1) is 6.04 Å². The molecule has 1 aliphatic carbocycles. The van der Waals surface area contributed by atoms with E-state index in [1.54, 1.807) is 20.8 Å². The SMILES string of the molecule is CC(C)(C)OC(=O)N[C@@H](CC1CCCCC1)C(O)C[N+](=O)[O-]. The summed E-state index contributed by atoms with van der Waals surface area (Å²) < 4.78 is 5.18. The molecule has 0 aromatic rings. The van der Waals surface area contributed by atoms with Gasteiger partial charge < -0.3 is 15.2 Å². The molecule has 1 amide bonds. The second kappa shape index (κ2) is 8.31. The zero-order valence-corrected chi connectivity index (χ0v) is 13.7. The fourth-order valence-electron chi connectivity index (χ4n) is 2.83. The second-order valence-electron chi connectivity index (χ2n) is 7.08. The first-order valence-corrected chi connectivity index (χ1v) is 7.97.